The average Bonchev–Trinajstić information content (AvgIpc) is 3.10. The number of amides is 3. The lowest BCUT2D eigenvalue weighted by molar-refractivity contribution is -0.123. The summed E-state index contributed by atoms with van der Waals surface area (Å²) in [5.41, 5.74) is 1.12. The Morgan fingerprint density at radius 2 is 1.93 bits per heavy atom. The van der Waals surface area contributed by atoms with Gasteiger partial charge < -0.3 is 14.8 Å². The molecular weight excluding hydrogens is 382 g/mol. The van der Waals surface area contributed by atoms with Crippen molar-refractivity contribution < 1.29 is 23.9 Å². The van der Waals surface area contributed by atoms with Crippen molar-refractivity contribution in [3.63, 3.8) is 0 Å². The van der Waals surface area contributed by atoms with Crippen LogP contribution in [0.1, 0.15) is 40.8 Å². The number of esters is 1. The minimum atomic E-state index is -0.694. The van der Waals surface area contributed by atoms with E-state index < -0.39 is 24.5 Å². The van der Waals surface area contributed by atoms with E-state index in [2.05, 4.69) is 15.6 Å². The molecular formula is C19H23N3O5S. The molecule has 1 heterocycles. The molecule has 0 fully saturated rings. The molecule has 2 rings (SSSR count). The van der Waals surface area contributed by atoms with Crippen LogP contribution in [0.15, 0.2) is 29.6 Å². The van der Waals surface area contributed by atoms with Gasteiger partial charge in [-0.15, -0.1) is 11.3 Å². The standard InChI is InChI=1S/C19H23N3O5S/c1-3-4-9-20-19(25)22-17(23)11-27-18(24)14-5-7-16(8-6-14)26-10-15-12-28-13(2)21-15/h5-8,12H,3-4,9-11H2,1-2H3,(H2,20,22,23,25). The first-order chi connectivity index (χ1) is 13.5. The van der Waals surface area contributed by atoms with Crippen molar-refractivity contribution in [2.45, 2.75) is 33.3 Å². The molecule has 2 N–H and O–H groups in total. The van der Waals surface area contributed by atoms with Crippen molar-refractivity contribution in [1.82, 2.24) is 15.6 Å². The minimum absolute atomic E-state index is 0.275. The molecule has 0 bridgehead atoms. The monoisotopic (exact) mass is 405 g/mol. The molecule has 0 unspecified atom stereocenters. The summed E-state index contributed by atoms with van der Waals surface area (Å²) in [6, 6.07) is 5.75. The number of ether oxygens (including phenoxy) is 2. The van der Waals surface area contributed by atoms with Crippen molar-refractivity contribution in [1.29, 1.82) is 0 Å². The largest absolute Gasteiger partial charge is 0.487 e. The number of nitrogens with zero attached hydrogens (tertiary/aromatic N) is 1. The maximum absolute atomic E-state index is 12.0. The molecule has 1 aromatic heterocycles. The summed E-state index contributed by atoms with van der Waals surface area (Å²) in [4.78, 5) is 39.4. The number of nitrogens with one attached hydrogen (secondary N) is 2. The first-order valence-electron chi connectivity index (χ1n) is 8.86. The van der Waals surface area contributed by atoms with E-state index in [0.29, 0.717) is 18.9 Å². The van der Waals surface area contributed by atoms with Crippen molar-refractivity contribution in [2.24, 2.45) is 0 Å². The first kappa shape index (κ1) is 21.4. The third kappa shape index (κ3) is 7.36. The molecule has 0 radical (unpaired) electrons. The highest BCUT2D eigenvalue weighted by molar-refractivity contribution is 7.09. The Kier molecular flexibility index (Phi) is 8.41. The van der Waals surface area contributed by atoms with Crippen LogP contribution in [-0.4, -0.2) is 36.0 Å². The van der Waals surface area contributed by atoms with Gasteiger partial charge in [-0.3, -0.25) is 10.1 Å². The van der Waals surface area contributed by atoms with E-state index in [4.69, 9.17) is 9.47 Å². The fourth-order valence-electron chi connectivity index (χ4n) is 2.12. The molecule has 0 spiro atoms. The maximum Gasteiger partial charge on any atom is 0.338 e. The molecule has 0 saturated heterocycles. The number of thiazole rings is 1. The number of carbonyl (C=O) groups is 3. The van der Waals surface area contributed by atoms with E-state index in [1.165, 1.54) is 0 Å². The van der Waals surface area contributed by atoms with Crippen molar-refractivity contribution in [2.75, 3.05) is 13.2 Å². The number of benzene rings is 1. The second-order valence-electron chi connectivity index (χ2n) is 5.90. The fraction of sp³-hybridized carbons (Fsp3) is 0.368. The van der Waals surface area contributed by atoms with Gasteiger partial charge in [0, 0.05) is 11.9 Å². The maximum atomic E-state index is 12.0. The molecule has 9 heteroatoms. The van der Waals surface area contributed by atoms with E-state index in [1.54, 1.807) is 35.6 Å². The fourth-order valence-corrected chi connectivity index (χ4v) is 2.72. The van der Waals surface area contributed by atoms with Crippen molar-refractivity contribution in [3.8, 4) is 5.75 Å². The van der Waals surface area contributed by atoms with Gasteiger partial charge >= 0.3 is 12.0 Å². The second-order valence-corrected chi connectivity index (χ2v) is 6.97. The van der Waals surface area contributed by atoms with Crippen LogP contribution in [0.4, 0.5) is 4.79 Å². The number of rotatable bonds is 9. The Morgan fingerprint density at radius 3 is 2.57 bits per heavy atom. The van der Waals surface area contributed by atoms with E-state index >= 15 is 0 Å². The van der Waals surface area contributed by atoms with Crippen LogP contribution in [0.3, 0.4) is 0 Å². The number of carbonyl (C=O) groups excluding carboxylic acids is 3. The van der Waals surface area contributed by atoms with Crippen LogP contribution in [0.2, 0.25) is 0 Å². The summed E-state index contributed by atoms with van der Waals surface area (Å²) in [5, 5.41) is 7.53. The van der Waals surface area contributed by atoms with Crippen molar-refractivity contribution in [3.05, 3.63) is 45.9 Å². The summed E-state index contributed by atoms with van der Waals surface area (Å²) in [5.74, 6) is -0.771. The molecule has 150 valence electrons. The highest BCUT2D eigenvalue weighted by Crippen LogP contribution is 2.16. The van der Waals surface area contributed by atoms with Gasteiger partial charge in [0.1, 0.15) is 12.4 Å². The van der Waals surface area contributed by atoms with Crippen LogP contribution in [0.5, 0.6) is 5.75 Å². The van der Waals surface area contributed by atoms with Gasteiger partial charge in [-0.2, -0.15) is 0 Å². The van der Waals surface area contributed by atoms with Gasteiger partial charge in [-0.25, -0.2) is 14.6 Å². The summed E-state index contributed by atoms with van der Waals surface area (Å²) in [7, 11) is 0. The van der Waals surface area contributed by atoms with E-state index in [9.17, 15) is 14.4 Å². The smallest absolute Gasteiger partial charge is 0.338 e. The Bertz CT molecular complexity index is 804. The number of urea groups is 1. The zero-order valence-corrected chi connectivity index (χ0v) is 16.6. The molecule has 0 aliphatic carbocycles. The van der Waals surface area contributed by atoms with Crippen LogP contribution < -0.4 is 15.4 Å². The van der Waals surface area contributed by atoms with Gasteiger partial charge in [-0.05, 0) is 37.6 Å². The number of imide groups is 1. The lowest BCUT2D eigenvalue weighted by atomic mass is 10.2. The highest BCUT2D eigenvalue weighted by Gasteiger charge is 2.12. The minimum Gasteiger partial charge on any atom is -0.487 e. The Labute approximate surface area is 167 Å². The Balaban J connectivity index is 1.73. The number of hydrogen-bond donors (Lipinski definition) is 2. The first-order valence-corrected chi connectivity index (χ1v) is 9.74. The van der Waals surface area contributed by atoms with Crippen LogP contribution in [0, 0.1) is 6.92 Å². The van der Waals surface area contributed by atoms with Gasteiger partial charge in [0.05, 0.1) is 16.3 Å². The predicted molar refractivity (Wildman–Crippen MR) is 104 cm³/mol. The average molecular weight is 405 g/mol. The number of aromatic nitrogens is 1. The molecule has 0 aliphatic rings. The van der Waals surface area contributed by atoms with Gasteiger partial charge in [0.2, 0.25) is 0 Å². The lowest BCUT2D eigenvalue weighted by Gasteiger charge is -2.08. The molecule has 8 nitrogen and oxygen atoms in total. The SMILES string of the molecule is CCCCNC(=O)NC(=O)COC(=O)c1ccc(OCc2csc(C)n2)cc1. The highest BCUT2D eigenvalue weighted by atomic mass is 32.1. The zero-order chi connectivity index (χ0) is 20.4. The van der Waals surface area contributed by atoms with Gasteiger partial charge in [-0.1, -0.05) is 13.3 Å². The number of unbranched alkanes of at least 4 members (excludes halogenated alkanes) is 1. The number of hydrogen-bond acceptors (Lipinski definition) is 7. The van der Waals surface area contributed by atoms with E-state index in [1.807, 2.05) is 19.2 Å². The van der Waals surface area contributed by atoms with Gasteiger partial charge in [0.25, 0.3) is 5.91 Å². The van der Waals surface area contributed by atoms with E-state index in [-0.39, 0.29) is 5.56 Å². The molecule has 0 aliphatic heterocycles. The summed E-state index contributed by atoms with van der Waals surface area (Å²) in [6.07, 6.45) is 1.75. The second kappa shape index (κ2) is 11.0. The molecule has 28 heavy (non-hydrogen) atoms. The van der Waals surface area contributed by atoms with Crippen LogP contribution in [0.25, 0.3) is 0 Å². The Morgan fingerprint density at radius 1 is 1.18 bits per heavy atom. The molecule has 1 aromatic carbocycles. The Hall–Kier alpha value is -2.94. The third-order valence-electron chi connectivity index (χ3n) is 3.55. The van der Waals surface area contributed by atoms with E-state index in [0.717, 1.165) is 23.5 Å². The summed E-state index contributed by atoms with van der Waals surface area (Å²) >= 11 is 1.55. The summed E-state index contributed by atoms with van der Waals surface area (Å²) < 4.78 is 10.5. The normalized spacial score (nSPS) is 10.2. The lowest BCUT2D eigenvalue weighted by Crippen LogP contribution is -2.41. The third-order valence-corrected chi connectivity index (χ3v) is 4.37. The molecule has 0 atom stereocenters. The molecule has 0 saturated carbocycles. The molecule has 2 aromatic rings. The number of aryl methyl sites for hydroxylation is 1. The topological polar surface area (TPSA) is 107 Å². The predicted octanol–water partition coefficient (Wildman–Crippen LogP) is 2.81. The van der Waals surface area contributed by atoms with Crippen LogP contribution in [-0.2, 0) is 16.1 Å². The molecule has 3 amide bonds. The van der Waals surface area contributed by atoms with Crippen LogP contribution >= 0.6 is 11.3 Å². The van der Waals surface area contributed by atoms with Crippen molar-refractivity contribution >= 4 is 29.2 Å². The van der Waals surface area contributed by atoms with Gasteiger partial charge in [0.15, 0.2) is 6.61 Å². The zero-order valence-electron chi connectivity index (χ0n) is 15.8. The quantitative estimate of drug-likeness (QED) is 0.491. The summed E-state index contributed by atoms with van der Waals surface area (Å²) in [6.45, 7) is 4.19.